The normalized spacial score (nSPS) is 11.1. The number of sulfonamides is 1. The first-order chi connectivity index (χ1) is 13.8. The van der Waals surface area contributed by atoms with Gasteiger partial charge in [0.15, 0.2) is 0 Å². The first-order valence-electron chi connectivity index (χ1n) is 8.93. The molecule has 29 heavy (non-hydrogen) atoms. The van der Waals surface area contributed by atoms with E-state index in [0.29, 0.717) is 16.8 Å². The molecule has 0 aliphatic carbocycles. The SMILES string of the molecule is CN(Cc1ccccc1F)C(=O)c1cccc(N(C)S(=O)(=O)c2ccccc2)c1. The van der Waals surface area contributed by atoms with Gasteiger partial charge in [-0.25, -0.2) is 12.8 Å². The highest BCUT2D eigenvalue weighted by molar-refractivity contribution is 7.92. The molecule has 0 unspecified atom stereocenters. The number of amides is 1. The van der Waals surface area contributed by atoms with Gasteiger partial charge in [0.1, 0.15) is 5.82 Å². The summed E-state index contributed by atoms with van der Waals surface area (Å²) >= 11 is 0. The first-order valence-corrected chi connectivity index (χ1v) is 10.4. The Bertz CT molecular complexity index is 1120. The predicted molar refractivity (Wildman–Crippen MR) is 111 cm³/mol. The van der Waals surface area contributed by atoms with Gasteiger partial charge < -0.3 is 4.90 Å². The molecule has 0 N–H and O–H groups in total. The molecule has 3 aromatic rings. The van der Waals surface area contributed by atoms with E-state index in [1.165, 1.54) is 36.2 Å². The van der Waals surface area contributed by atoms with Crippen molar-refractivity contribution in [3.05, 3.63) is 95.8 Å². The molecule has 0 fully saturated rings. The Balaban J connectivity index is 1.83. The van der Waals surface area contributed by atoms with Gasteiger partial charge in [-0.2, -0.15) is 0 Å². The number of nitrogens with zero attached hydrogens (tertiary/aromatic N) is 2. The fraction of sp³-hybridized carbons (Fsp3) is 0.136. The Morgan fingerprint density at radius 2 is 1.55 bits per heavy atom. The zero-order valence-corrected chi connectivity index (χ0v) is 16.9. The summed E-state index contributed by atoms with van der Waals surface area (Å²) in [5.41, 5.74) is 1.08. The number of halogens is 1. The van der Waals surface area contributed by atoms with Gasteiger partial charge >= 0.3 is 0 Å². The van der Waals surface area contributed by atoms with Crippen LogP contribution in [0.25, 0.3) is 0 Å². The lowest BCUT2D eigenvalue weighted by Crippen LogP contribution is -2.28. The van der Waals surface area contributed by atoms with E-state index in [4.69, 9.17) is 0 Å². The average molecular weight is 412 g/mol. The minimum Gasteiger partial charge on any atom is -0.337 e. The topological polar surface area (TPSA) is 57.7 Å². The van der Waals surface area contributed by atoms with Crippen LogP contribution in [0, 0.1) is 5.82 Å². The fourth-order valence-electron chi connectivity index (χ4n) is 2.90. The molecule has 0 bridgehead atoms. The Hall–Kier alpha value is -3.19. The van der Waals surface area contributed by atoms with Crippen molar-refractivity contribution in [3.63, 3.8) is 0 Å². The lowest BCUT2D eigenvalue weighted by molar-refractivity contribution is 0.0784. The highest BCUT2D eigenvalue weighted by Crippen LogP contribution is 2.23. The number of hydrogen-bond acceptors (Lipinski definition) is 3. The maximum absolute atomic E-state index is 13.9. The van der Waals surface area contributed by atoms with Crippen LogP contribution in [0.3, 0.4) is 0 Å². The second-order valence-electron chi connectivity index (χ2n) is 6.59. The second kappa shape index (κ2) is 8.45. The number of rotatable bonds is 6. The lowest BCUT2D eigenvalue weighted by Gasteiger charge is -2.21. The predicted octanol–water partition coefficient (Wildman–Crippen LogP) is 3.92. The maximum atomic E-state index is 13.9. The van der Waals surface area contributed by atoms with Gasteiger partial charge in [-0.1, -0.05) is 42.5 Å². The summed E-state index contributed by atoms with van der Waals surface area (Å²) in [6.45, 7) is 0.105. The standard InChI is InChI=1S/C22H21FN2O3S/c1-24(16-18-9-6-7-14-21(18)23)22(26)17-10-8-11-19(15-17)25(2)29(27,28)20-12-4-3-5-13-20/h3-15H,16H2,1-2H3. The van der Waals surface area contributed by atoms with E-state index in [0.717, 1.165) is 4.31 Å². The number of carbonyl (C=O) groups excluding carboxylic acids is 1. The molecule has 0 saturated heterocycles. The van der Waals surface area contributed by atoms with Crippen molar-refractivity contribution in [2.24, 2.45) is 0 Å². The molecule has 150 valence electrons. The van der Waals surface area contributed by atoms with Gasteiger partial charge in [-0.05, 0) is 36.4 Å². The van der Waals surface area contributed by atoms with Crippen LogP contribution < -0.4 is 4.31 Å². The zero-order valence-electron chi connectivity index (χ0n) is 16.1. The quantitative estimate of drug-likeness (QED) is 0.617. The summed E-state index contributed by atoms with van der Waals surface area (Å²) < 4.78 is 40.6. The van der Waals surface area contributed by atoms with E-state index < -0.39 is 10.0 Å². The largest absolute Gasteiger partial charge is 0.337 e. The van der Waals surface area contributed by atoms with Crippen molar-refractivity contribution in [3.8, 4) is 0 Å². The summed E-state index contributed by atoms with van der Waals surface area (Å²) in [4.78, 5) is 14.3. The molecule has 0 aliphatic rings. The molecule has 0 heterocycles. The van der Waals surface area contributed by atoms with Gasteiger partial charge in [0.25, 0.3) is 15.9 Å². The van der Waals surface area contributed by atoms with E-state index in [-0.39, 0.29) is 23.2 Å². The summed E-state index contributed by atoms with van der Waals surface area (Å²) in [6.07, 6.45) is 0. The molecule has 0 atom stereocenters. The van der Waals surface area contributed by atoms with Crippen LogP contribution in [0.5, 0.6) is 0 Å². The molecule has 0 aromatic heterocycles. The van der Waals surface area contributed by atoms with Crippen LogP contribution in [-0.2, 0) is 16.6 Å². The Morgan fingerprint density at radius 1 is 0.897 bits per heavy atom. The van der Waals surface area contributed by atoms with E-state index >= 15 is 0 Å². The summed E-state index contributed by atoms with van der Waals surface area (Å²) in [5, 5.41) is 0. The molecule has 0 saturated carbocycles. The van der Waals surface area contributed by atoms with Gasteiger partial charge in [0.05, 0.1) is 10.6 Å². The van der Waals surface area contributed by atoms with Gasteiger partial charge in [-0.15, -0.1) is 0 Å². The maximum Gasteiger partial charge on any atom is 0.264 e. The fourth-order valence-corrected chi connectivity index (χ4v) is 4.11. The van der Waals surface area contributed by atoms with E-state index in [1.54, 1.807) is 61.6 Å². The third-order valence-electron chi connectivity index (χ3n) is 4.57. The van der Waals surface area contributed by atoms with E-state index in [1.807, 2.05) is 0 Å². The zero-order chi connectivity index (χ0) is 21.0. The van der Waals surface area contributed by atoms with Crippen LogP contribution >= 0.6 is 0 Å². The first kappa shape index (κ1) is 20.5. The smallest absolute Gasteiger partial charge is 0.264 e. The van der Waals surface area contributed by atoms with Gasteiger partial charge in [0, 0.05) is 31.8 Å². The van der Waals surface area contributed by atoms with Gasteiger partial charge in [0.2, 0.25) is 0 Å². The van der Waals surface area contributed by atoms with Crippen LogP contribution in [-0.4, -0.2) is 33.3 Å². The van der Waals surface area contributed by atoms with Crippen molar-refractivity contribution in [2.75, 3.05) is 18.4 Å². The third kappa shape index (κ3) is 4.46. The van der Waals surface area contributed by atoms with Crippen molar-refractivity contribution in [2.45, 2.75) is 11.4 Å². The molecule has 7 heteroatoms. The molecular formula is C22H21FN2O3S. The van der Waals surface area contributed by atoms with Crippen LogP contribution in [0.15, 0.2) is 83.8 Å². The van der Waals surface area contributed by atoms with Crippen molar-refractivity contribution in [1.29, 1.82) is 0 Å². The Labute approximate surface area is 170 Å². The highest BCUT2D eigenvalue weighted by Gasteiger charge is 2.22. The molecule has 3 aromatic carbocycles. The molecule has 3 rings (SSSR count). The number of carbonyl (C=O) groups is 1. The number of benzene rings is 3. The molecule has 5 nitrogen and oxygen atoms in total. The van der Waals surface area contributed by atoms with E-state index in [9.17, 15) is 17.6 Å². The summed E-state index contributed by atoms with van der Waals surface area (Å²) in [6, 6.07) is 20.7. The Morgan fingerprint density at radius 3 is 2.24 bits per heavy atom. The minimum atomic E-state index is -3.75. The number of anilines is 1. The highest BCUT2D eigenvalue weighted by atomic mass is 32.2. The average Bonchev–Trinajstić information content (AvgIpc) is 2.75. The molecule has 0 aliphatic heterocycles. The van der Waals surface area contributed by atoms with E-state index in [2.05, 4.69) is 0 Å². The summed E-state index contributed by atoms with van der Waals surface area (Å²) in [5.74, 6) is -0.713. The monoisotopic (exact) mass is 412 g/mol. The van der Waals surface area contributed by atoms with Crippen molar-refractivity contribution >= 4 is 21.6 Å². The minimum absolute atomic E-state index is 0.105. The van der Waals surface area contributed by atoms with Gasteiger partial charge in [-0.3, -0.25) is 9.10 Å². The molecule has 0 radical (unpaired) electrons. The van der Waals surface area contributed by atoms with Crippen molar-refractivity contribution < 1.29 is 17.6 Å². The second-order valence-corrected chi connectivity index (χ2v) is 8.56. The van der Waals surface area contributed by atoms with Crippen LogP contribution in [0.4, 0.5) is 10.1 Å². The third-order valence-corrected chi connectivity index (χ3v) is 6.37. The lowest BCUT2D eigenvalue weighted by atomic mass is 10.1. The molecule has 1 amide bonds. The van der Waals surface area contributed by atoms with Crippen molar-refractivity contribution in [1.82, 2.24) is 4.90 Å². The molecule has 0 spiro atoms. The van der Waals surface area contributed by atoms with Crippen LogP contribution in [0.1, 0.15) is 15.9 Å². The molecular weight excluding hydrogens is 391 g/mol. The Kier molecular flexibility index (Phi) is 5.98. The van der Waals surface area contributed by atoms with Crippen LogP contribution in [0.2, 0.25) is 0 Å². The number of hydrogen-bond donors (Lipinski definition) is 0. The summed E-state index contributed by atoms with van der Waals surface area (Å²) in [7, 11) is -0.735.